The Balaban J connectivity index is 2.38. The van der Waals surface area contributed by atoms with E-state index in [0.717, 1.165) is 5.58 Å². The molecule has 0 atom stereocenters. The largest absolute Gasteiger partial charge is 0.464 e. The highest BCUT2D eigenvalue weighted by Gasteiger charge is 2.08. The van der Waals surface area contributed by atoms with Gasteiger partial charge in [0.25, 0.3) is 0 Å². The minimum absolute atomic E-state index is 0.958. The molecule has 0 amide bonds. The van der Waals surface area contributed by atoms with Crippen molar-refractivity contribution < 1.29 is 4.42 Å². The van der Waals surface area contributed by atoms with E-state index in [0.29, 0.717) is 0 Å². The lowest BCUT2D eigenvalue weighted by Crippen LogP contribution is -1.77. The minimum atomic E-state index is 0.958. The van der Waals surface area contributed by atoms with Gasteiger partial charge in [0.15, 0.2) is 0 Å². The summed E-state index contributed by atoms with van der Waals surface area (Å²) in [6.07, 6.45) is 7.98. The first kappa shape index (κ1) is 7.94. The normalized spacial score (nSPS) is 14.3. The van der Waals surface area contributed by atoms with Crippen molar-refractivity contribution in [3.63, 3.8) is 0 Å². The molecule has 1 aromatic heterocycles. The number of furan rings is 1. The first-order valence-electron chi connectivity index (χ1n) is 4.45. The second kappa shape index (κ2) is 3.07. The van der Waals surface area contributed by atoms with Gasteiger partial charge in [0.2, 0.25) is 0 Å². The monoisotopic (exact) mass is 200 g/mol. The molecule has 0 aliphatic carbocycles. The molecule has 1 aliphatic rings. The second-order valence-electron chi connectivity index (χ2n) is 3.12. The van der Waals surface area contributed by atoms with Gasteiger partial charge in [-0.05, 0) is 23.1 Å². The Morgan fingerprint density at radius 3 is 3.07 bits per heavy atom. The molecule has 0 unspecified atom stereocenters. The average Bonchev–Trinajstić information content (AvgIpc) is 2.55. The molecule has 0 bridgehead atoms. The summed E-state index contributed by atoms with van der Waals surface area (Å²) in [6, 6.07) is 6.14. The summed E-state index contributed by atoms with van der Waals surface area (Å²) in [7, 11) is 0. The second-order valence-corrected chi connectivity index (χ2v) is 4.04. The van der Waals surface area contributed by atoms with Gasteiger partial charge in [-0.15, -0.1) is 0 Å². The molecule has 0 saturated heterocycles. The number of rotatable bonds is 0. The Kier molecular flexibility index (Phi) is 1.74. The number of thioether (sulfide) groups is 1. The Labute approximate surface area is 86.1 Å². The average molecular weight is 200 g/mol. The number of allylic oxidation sites excluding steroid dienone is 2. The third kappa shape index (κ3) is 1.11. The van der Waals surface area contributed by atoms with Crippen molar-refractivity contribution in [1.82, 2.24) is 0 Å². The Hall–Kier alpha value is -1.41. The summed E-state index contributed by atoms with van der Waals surface area (Å²) in [5.41, 5.74) is 2.22. The Morgan fingerprint density at radius 1 is 1.07 bits per heavy atom. The van der Waals surface area contributed by atoms with Gasteiger partial charge in [0, 0.05) is 10.3 Å². The Bertz CT molecular complexity index is 534. The number of hydrogen-bond acceptors (Lipinski definition) is 2. The molecule has 0 spiro atoms. The van der Waals surface area contributed by atoms with Crippen molar-refractivity contribution in [2.45, 2.75) is 4.90 Å². The van der Waals surface area contributed by atoms with Crippen molar-refractivity contribution in [2.24, 2.45) is 0 Å². The molecule has 0 N–H and O–H groups in total. The van der Waals surface area contributed by atoms with E-state index in [2.05, 4.69) is 29.7 Å². The van der Waals surface area contributed by atoms with Crippen LogP contribution in [-0.4, -0.2) is 0 Å². The number of fused-ring (bicyclic) bond motifs is 3. The van der Waals surface area contributed by atoms with Crippen LogP contribution < -0.4 is 0 Å². The zero-order valence-electron chi connectivity index (χ0n) is 7.44. The SMILES string of the molecule is C1=CSc2c(ccc3occc23)C=C1. The zero-order chi connectivity index (χ0) is 9.38. The van der Waals surface area contributed by atoms with Crippen LogP contribution >= 0.6 is 11.8 Å². The maximum atomic E-state index is 5.36. The van der Waals surface area contributed by atoms with Crippen LogP contribution in [0.15, 0.2) is 51.3 Å². The van der Waals surface area contributed by atoms with E-state index in [1.165, 1.54) is 15.8 Å². The third-order valence-electron chi connectivity index (χ3n) is 2.27. The van der Waals surface area contributed by atoms with Gasteiger partial charge >= 0.3 is 0 Å². The van der Waals surface area contributed by atoms with Crippen LogP contribution in [0.25, 0.3) is 17.0 Å². The van der Waals surface area contributed by atoms with E-state index in [9.17, 15) is 0 Å². The third-order valence-corrected chi connectivity index (χ3v) is 3.25. The predicted molar refractivity (Wildman–Crippen MR) is 60.2 cm³/mol. The van der Waals surface area contributed by atoms with Crippen LogP contribution in [0.2, 0.25) is 0 Å². The van der Waals surface area contributed by atoms with Crippen LogP contribution in [0, 0.1) is 0 Å². The molecule has 2 heteroatoms. The van der Waals surface area contributed by atoms with E-state index >= 15 is 0 Å². The summed E-state index contributed by atoms with van der Waals surface area (Å²) in [5.74, 6) is 0. The quantitative estimate of drug-likeness (QED) is 0.636. The number of hydrogen-bond donors (Lipinski definition) is 0. The van der Waals surface area contributed by atoms with E-state index < -0.39 is 0 Å². The maximum absolute atomic E-state index is 5.36. The predicted octanol–water partition coefficient (Wildman–Crippen LogP) is 4.07. The van der Waals surface area contributed by atoms with E-state index in [1.54, 1.807) is 18.0 Å². The van der Waals surface area contributed by atoms with Crippen LogP contribution in [0.1, 0.15) is 5.56 Å². The van der Waals surface area contributed by atoms with Crippen molar-refractivity contribution in [3.05, 3.63) is 47.6 Å². The van der Waals surface area contributed by atoms with Crippen LogP contribution in [0.5, 0.6) is 0 Å². The van der Waals surface area contributed by atoms with Gasteiger partial charge in [-0.25, -0.2) is 0 Å². The summed E-state index contributed by atoms with van der Waals surface area (Å²) in [5, 5.41) is 3.29. The van der Waals surface area contributed by atoms with Crippen LogP contribution in [0.4, 0.5) is 0 Å². The summed E-state index contributed by atoms with van der Waals surface area (Å²) in [4.78, 5) is 1.28. The van der Waals surface area contributed by atoms with E-state index in [1.807, 2.05) is 12.1 Å². The topological polar surface area (TPSA) is 13.1 Å². The van der Waals surface area contributed by atoms with Gasteiger partial charge in [-0.2, -0.15) is 0 Å². The van der Waals surface area contributed by atoms with Gasteiger partial charge in [-0.3, -0.25) is 0 Å². The minimum Gasteiger partial charge on any atom is -0.464 e. The molecule has 0 fully saturated rings. The lowest BCUT2D eigenvalue weighted by Gasteiger charge is -2.02. The van der Waals surface area contributed by atoms with Crippen molar-refractivity contribution in [2.75, 3.05) is 0 Å². The van der Waals surface area contributed by atoms with Crippen molar-refractivity contribution in [1.29, 1.82) is 0 Å². The standard InChI is InChI=1S/C12H8OS/c1-2-8-14-12-9(3-1)4-5-11-10(12)6-7-13-11/h1-8H. The van der Waals surface area contributed by atoms with E-state index in [-0.39, 0.29) is 0 Å². The molecule has 2 aromatic rings. The van der Waals surface area contributed by atoms with Gasteiger partial charge in [0.05, 0.1) is 6.26 Å². The molecule has 14 heavy (non-hydrogen) atoms. The smallest absolute Gasteiger partial charge is 0.135 e. The van der Waals surface area contributed by atoms with Gasteiger partial charge < -0.3 is 4.42 Å². The lowest BCUT2D eigenvalue weighted by molar-refractivity contribution is 0.615. The fourth-order valence-corrected chi connectivity index (χ4v) is 2.48. The molecule has 0 radical (unpaired) electrons. The first-order valence-corrected chi connectivity index (χ1v) is 5.33. The lowest BCUT2D eigenvalue weighted by atomic mass is 10.1. The highest BCUT2D eigenvalue weighted by Crippen LogP contribution is 2.34. The molecule has 1 aromatic carbocycles. The molecule has 1 nitrogen and oxygen atoms in total. The molecule has 1 aliphatic heterocycles. The fraction of sp³-hybridized carbons (Fsp3) is 0. The molecular formula is C12H8OS. The van der Waals surface area contributed by atoms with Gasteiger partial charge in [-0.1, -0.05) is 36.1 Å². The summed E-state index contributed by atoms with van der Waals surface area (Å²) in [6.45, 7) is 0. The maximum Gasteiger partial charge on any atom is 0.135 e. The van der Waals surface area contributed by atoms with E-state index in [4.69, 9.17) is 4.42 Å². The number of benzene rings is 1. The highest BCUT2D eigenvalue weighted by atomic mass is 32.2. The molecule has 0 saturated carbocycles. The molecular weight excluding hydrogens is 192 g/mol. The zero-order valence-corrected chi connectivity index (χ0v) is 8.25. The molecule has 2 heterocycles. The van der Waals surface area contributed by atoms with Crippen LogP contribution in [0.3, 0.4) is 0 Å². The van der Waals surface area contributed by atoms with Crippen molar-refractivity contribution >= 4 is 28.8 Å². The summed E-state index contributed by atoms with van der Waals surface area (Å²) < 4.78 is 5.36. The van der Waals surface area contributed by atoms with Crippen LogP contribution in [-0.2, 0) is 0 Å². The van der Waals surface area contributed by atoms with Gasteiger partial charge in [0.1, 0.15) is 5.58 Å². The fourth-order valence-electron chi connectivity index (χ4n) is 1.61. The first-order chi connectivity index (χ1) is 6.95. The van der Waals surface area contributed by atoms with Crippen molar-refractivity contribution in [3.8, 4) is 0 Å². The molecule has 3 rings (SSSR count). The molecule has 68 valence electrons. The summed E-state index contributed by atoms with van der Waals surface area (Å²) >= 11 is 1.74. The highest BCUT2D eigenvalue weighted by molar-refractivity contribution is 8.02. The Morgan fingerprint density at radius 2 is 2.07 bits per heavy atom.